The first-order valence-electron chi connectivity index (χ1n) is 5.44. The van der Waals surface area contributed by atoms with Crippen LogP contribution < -0.4 is 11.1 Å². The van der Waals surface area contributed by atoms with Gasteiger partial charge in [-0.3, -0.25) is 0 Å². The first kappa shape index (κ1) is 10.9. The van der Waals surface area contributed by atoms with Crippen molar-refractivity contribution < 1.29 is 0 Å². The predicted octanol–water partition coefficient (Wildman–Crippen LogP) is 1.78. The van der Waals surface area contributed by atoms with E-state index in [-0.39, 0.29) is 6.04 Å². The quantitative estimate of drug-likeness (QED) is 0.728. The third-order valence-corrected chi connectivity index (χ3v) is 2.79. The molecular formula is C13H17N3. The van der Waals surface area contributed by atoms with Crippen LogP contribution in [0.3, 0.4) is 0 Å². The number of nitrogens with one attached hydrogen (secondary N) is 2. The summed E-state index contributed by atoms with van der Waals surface area (Å²) < 4.78 is 0. The molecule has 0 fully saturated rings. The van der Waals surface area contributed by atoms with Gasteiger partial charge in [-0.2, -0.15) is 0 Å². The molecule has 84 valence electrons. The molecule has 1 unspecified atom stereocenters. The molecule has 0 bridgehead atoms. The number of hydrogen-bond donors (Lipinski definition) is 3. The summed E-state index contributed by atoms with van der Waals surface area (Å²) in [4.78, 5) is 3.08. The third-order valence-electron chi connectivity index (χ3n) is 2.79. The normalized spacial score (nSPS) is 12.6. The fraction of sp³-hybridized carbons (Fsp3) is 0.231. The monoisotopic (exact) mass is 215 g/mol. The van der Waals surface area contributed by atoms with Crippen LogP contribution >= 0.6 is 0 Å². The fourth-order valence-electron chi connectivity index (χ4n) is 1.89. The first-order chi connectivity index (χ1) is 7.85. The van der Waals surface area contributed by atoms with E-state index in [1.165, 1.54) is 11.1 Å². The van der Waals surface area contributed by atoms with Crippen LogP contribution in [-0.2, 0) is 6.54 Å². The standard InChI is InChI=1S/C13H17N3/c1-15-13(12-6-7-16-9-12)11-4-2-10(8-14)3-5-11/h2-7,9,13,15-16H,8,14H2,1H3. The molecule has 3 nitrogen and oxygen atoms in total. The summed E-state index contributed by atoms with van der Waals surface area (Å²) in [6.45, 7) is 0.592. The van der Waals surface area contributed by atoms with E-state index in [9.17, 15) is 0 Å². The number of nitrogens with two attached hydrogens (primary N) is 1. The Morgan fingerprint density at radius 1 is 1.19 bits per heavy atom. The molecule has 0 radical (unpaired) electrons. The minimum absolute atomic E-state index is 0.234. The van der Waals surface area contributed by atoms with Crippen molar-refractivity contribution in [2.75, 3.05) is 7.05 Å². The van der Waals surface area contributed by atoms with Gasteiger partial charge in [0, 0.05) is 18.9 Å². The molecule has 4 N–H and O–H groups in total. The van der Waals surface area contributed by atoms with Crippen molar-refractivity contribution >= 4 is 0 Å². The second-order valence-corrected chi connectivity index (χ2v) is 3.81. The zero-order valence-corrected chi connectivity index (χ0v) is 9.40. The number of aromatic amines is 1. The molecule has 1 atom stereocenters. The molecule has 0 spiro atoms. The van der Waals surface area contributed by atoms with Gasteiger partial charge in [0.2, 0.25) is 0 Å². The maximum absolute atomic E-state index is 5.58. The molecule has 1 aromatic heterocycles. The Morgan fingerprint density at radius 3 is 2.44 bits per heavy atom. The van der Waals surface area contributed by atoms with Crippen LogP contribution in [0.25, 0.3) is 0 Å². The van der Waals surface area contributed by atoms with E-state index in [4.69, 9.17) is 5.73 Å². The van der Waals surface area contributed by atoms with Crippen molar-refractivity contribution in [2.24, 2.45) is 5.73 Å². The average molecular weight is 215 g/mol. The van der Waals surface area contributed by atoms with Crippen LogP contribution in [0, 0.1) is 0 Å². The smallest absolute Gasteiger partial charge is 0.0589 e. The Bertz CT molecular complexity index is 417. The fourth-order valence-corrected chi connectivity index (χ4v) is 1.89. The van der Waals surface area contributed by atoms with Crippen molar-refractivity contribution in [1.29, 1.82) is 0 Å². The number of benzene rings is 1. The molecule has 16 heavy (non-hydrogen) atoms. The van der Waals surface area contributed by atoms with Gasteiger partial charge in [-0.25, -0.2) is 0 Å². The van der Waals surface area contributed by atoms with E-state index in [0.717, 1.165) is 5.56 Å². The van der Waals surface area contributed by atoms with Gasteiger partial charge in [-0.1, -0.05) is 24.3 Å². The van der Waals surface area contributed by atoms with Crippen molar-refractivity contribution in [1.82, 2.24) is 10.3 Å². The zero-order chi connectivity index (χ0) is 11.4. The molecule has 3 heteroatoms. The maximum Gasteiger partial charge on any atom is 0.0589 e. The molecule has 0 aliphatic heterocycles. The zero-order valence-electron chi connectivity index (χ0n) is 9.40. The highest BCUT2D eigenvalue weighted by Crippen LogP contribution is 2.21. The van der Waals surface area contributed by atoms with Crippen molar-refractivity contribution in [3.05, 3.63) is 59.4 Å². The first-order valence-corrected chi connectivity index (χ1v) is 5.44. The Morgan fingerprint density at radius 2 is 1.94 bits per heavy atom. The largest absolute Gasteiger partial charge is 0.367 e. The van der Waals surface area contributed by atoms with E-state index in [1.807, 2.05) is 19.4 Å². The molecule has 1 heterocycles. The molecule has 0 aliphatic carbocycles. The topological polar surface area (TPSA) is 53.8 Å². The van der Waals surface area contributed by atoms with Crippen LogP contribution in [0.1, 0.15) is 22.7 Å². The van der Waals surface area contributed by atoms with Gasteiger partial charge < -0.3 is 16.0 Å². The molecule has 2 rings (SSSR count). The van der Waals surface area contributed by atoms with Gasteiger partial charge in [-0.05, 0) is 29.8 Å². The van der Waals surface area contributed by atoms with Gasteiger partial charge in [0.05, 0.1) is 6.04 Å². The molecule has 0 amide bonds. The van der Waals surface area contributed by atoms with E-state index in [0.29, 0.717) is 6.54 Å². The highest BCUT2D eigenvalue weighted by molar-refractivity contribution is 5.32. The Labute approximate surface area is 95.7 Å². The lowest BCUT2D eigenvalue weighted by molar-refractivity contribution is 0.692. The van der Waals surface area contributed by atoms with Gasteiger partial charge in [0.25, 0.3) is 0 Å². The van der Waals surface area contributed by atoms with Crippen LogP contribution in [0.5, 0.6) is 0 Å². The maximum atomic E-state index is 5.58. The van der Waals surface area contributed by atoms with Crippen LogP contribution in [-0.4, -0.2) is 12.0 Å². The van der Waals surface area contributed by atoms with Crippen molar-refractivity contribution in [2.45, 2.75) is 12.6 Å². The number of hydrogen-bond acceptors (Lipinski definition) is 2. The lowest BCUT2D eigenvalue weighted by atomic mass is 10.0. The average Bonchev–Trinajstić information content (AvgIpc) is 2.85. The van der Waals surface area contributed by atoms with Crippen molar-refractivity contribution in [3.8, 4) is 0 Å². The molecule has 0 saturated carbocycles. The van der Waals surface area contributed by atoms with Crippen LogP contribution in [0.2, 0.25) is 0 Å². The van der Waals surface area contributed by atoms with Gasteiger partial charge in [-0.15, -0.1) is 0 Å². The Kier molecular flexibility index (Phi) is 3.39. The summed E-state index contributed by atoms with van der Waals surface area (Å²) >= 11 is 0. The lowest BCUT2D eigenvalue weighted by Crippen LogP contribution is -2.17. The lowest BCUT2D eigenvalue weighted by Gasteiger charge is -2.15. The summed E-state index contributed by atoms with van der Waals surface area (Å²) in [7, 11) is 1.97. The summed E-state index contributed by atoms with van der Waals surface area (Å²) in [5, 5.41) is 3.31. The molecule has 0 aliphatic rings. The molecule has 1 aromatic carbocycles. The van der Waals surface area contributed by atoms with Gasteiger partial charge in [0.1, 0.15) is 0 Å². The number of rotatable bonds is 4. The summed E-state index contributed by atoms with van der Waals surface area (Å²) in [5.74, 6) is 0. The predicted molar refractivity (Wildman–Crippen MR) is 66.0 cm³/mol. The second kappa shape index (κ2) is 4.96. The van der Waals surface area contributed by atoms with Gasteiger partial charge >= 0.3 is 0 Å². The highest BCUT2D eigenvalue weighted by atomic mass is 14.9. The molecular weight excluding hydrogens is 198 g/mol. The van der Waals surface area contributed by atoms with E-state index in [2.05, 4.69) is 40.6 Å². The van der Waals surface area contributed by atoms with Gasteiger partial charge in [0.15, 0.2) is 0 Å². The highest BCUT2D eigenvalue weighted by Gasteiger charge is 2.11. The Hall–Kier alpha value is -1.58. The van der Waals surface area contributed by atoms with Crippen molar-refractivity contribution in [3.63, 3.8) is 0 Å². The third kappa shape index (κ3) is 2.15. The SMILES string of the molecule is CNC(c1ccc(CN)cc1)c1cc[nH]c1. The summed E-state index contributed by atoms with van der Waals surface area (Å²) in [6.07, 6.45) is 3.95. The minimum Gasteiger partial charge on any atom is -0.367 e. The van der Waals surface area contributed by atoms with Crippen LogP contribution in [0.4, 0.5) is 0 Å². The number of H-pyrrole nitrogens is 1. The number of aromatic nitrogens is 1. The van der Waals surface area contributed by atoms with E-state index < -0.39 is 0 Å². The minimum atomic E-state index is 0.234. The molecule has 0 saturated heterocycles. The summed E-state index contributed by atoms with van der Waals surface area (Å²) in [6, 6.07) is 10.7. The summed E-state index contributed by atoms with van der Waals surface area (Å²) in [5.41, 5.74) is 9.23. The second-order valence-electron chi connectivity index (χ2n) is 3.81. The van der Waals surface area contributed by atoms with E-state index >= 15 is 0 Å². The van der Waals surface area contributed by atoms with E-state index in [1.54, 1.807) is 0 Å². The van der Waals surface area contributed by atoms with Crippen LogP contribution in [0.15, 0.2) is 42.7 Å². The molecule has 2 aromatic rings. The Balaban J connectivity index is 2.27.